The Kier molecular flexibility index (Phi) is 2.91. The van der Waals surface area contributed by atoms with Gasteiger partial charge in [0, 0.05) is 6.42 Å². The van der Waals surface area contributed by atoms with Gasteiger partial charge in [-0.3, -0.25) is 0 Å². The van der Waals surface area contributed by atoms with Crippen molar-refractivity contribution in [2.75, 3.05) is 0 Å². The molecule has 1 aromatic carbocycles. The maximum atomic E-state index is 11.8. The molecule has 2 heteroatoms. The van der Waals surface area contributed by atoms with Crippen molar-refractivity contribution >= 4 is 5.97 Å². The summed E-state index contributed by atoms with van der Waals surface area (Å²) in [4.78, 5) is 11.8. The van der Waals surface area contributed by atoms with Crippen LogP contribution in [0.25, 0.3) is 0 Å². The first-order valence-corrected chi connectivity index (χ1v) is 5.18. The van der Waals surface area contributed by atoms with Gasteiger partial charge in [0.15, 0.2) is 0 Å². The number of allylic oxidation sites excluding steroid dienone is 2. The van der Waals surface area contributed by atoms with Crippen molar-refractivity contribution in [1.29, 1.82) is 0 Å². The Balaban J connectivity index is 2.08. The van der Waals surface area contributed by atoms with Crippen LogP contribution in [0.15, 0.2) is 54.6 Å². The predicted molar refractivity (Wildman–Crippen MR) is 62.8 cm³/mol. The summed E-state index contributed by atoms with van der Waals surface area (Å²) in [7, 11) is 0. The van der Waals surface area contributed by atoms with Crippen molar-refractivity contribution in [3.8, 4) is 0 Å². The molecule has 2 nitrogen and oxygen atoms in total. The van der Waals surface area contributed by atoms with E-state index in [4.69, 9.17) is 4.74 Å². The molecule has 16 heavy (non-hydrogen) atoms. The number of rotatable bonds is 2. The van der Waals surface area contributed by atoms with Gasteiger partial charge in [0.25, 0.3) is 0 Å². The van der Waals surface area contributed by atoms with Gasteiger partial charge in [-0.1, -0.05) is 36.4 Å². The molecule has 1 aliphatic rings. The first kappa shape index (κ1) is 10.7. The second kappa shape index (κ2) is 4.35. The molecule has 0 fully saturated rings. The third-order valence-electron chi connectivity index (χ3n) is 2.42. The molecule has 1 unspecified atom stereocenters. The zero-order chi connectivity index (χ0) is 11.4. The van der Waals surface area contributed by atoms with Gasteiger partial charge in [0.2, 0.25) is 0 Å². The molecule has 81 valence electrons. The van der Waals surface area contributed by atoms with E-state index < -0.39 is 5.60 Å². The Bertz CT molecular complexity index is 431. The van der Waals surface area contributed by atoms with Crippen LogP contribution >= 0.6 is 0 Å². The highest BCUT2D eigenvalue weighted by atomic mass is 16.6. The lowest BCUT2D eigenvalue weighted by molar-refractivity contribution is 0.0202. The quantitative estimate of drug-likeness (QED) is 0.706. The summed E-state index contributed by atoms with van der Waals surface area (Å²) in [5, 5.41) is 0. The van der Waals surface area contributed by atoms with Gasteiger partial charge in [0.1, 0.15) is 5.60 Å². The van der Waals surface area contributed by atoms with Gasteiger partial charge in [-0.15, -0.1) is 0 Å². The molecule has 0 aliphatic heterocycles. The van der Waals surface area contributed by atoms with Gasteiger partial charge in [0.05, 0.1) is 5.56 Å². The minimum atomic E-state index is -0.762. The van der Waals surface area contributed by atoms with Crippen molar-refractivity contribution in [3.05, 3.63) is 67.1 Å². The van der Waals surface area contributed by atoms with E-state index >= 15 is 0 Å². The molecule has 0 N–H and O–H groups in total. The van der Waals surface area contributed by atoms with E-state index in [2.05, 4.69) is 6.92 Å². The van der Waals surface area contributed by atoms with Crippen LogP contribution in [0.3, 0.4) is 0 Å². The number of hydrogen-bond acceptors (Lipinski definition) is 2. The smallest absolute Gasteiger partial charge is 0.339 e. The Hall–Kier alpha value is -1.83. The third-order valence-corrected chi connectivity index (χ3v) is 2.42. The van der Waals surface area contributed by atoms with E-state index in [1.54, 1.807) is 18.2 Å². The number of ether oxygens (including phenoxy) is 1. The second-order valence-electron chi connectivity index (χ2n) is 3.81. The van der Waals surface area contributed by atoms with Crippen LogP contribution in [0.4, 0.5) is 0 Å². The second-order valence-corrected chi connectivity index (χ2v) is 3.81. The topological polar surface area (TPSA) is 26.3 Å². The van der Waals surface area contributed by atoms with Gasteiger partial charge < -0.3 is 4.74 Å². The SMILES string of the molecule is [CH2]C1(OC(=O)c2ccccc2)C=CC=CC1. The summed E-state index contributed by atoms with van der Waals surface area (Å²) < 4.78 is 5.38. The van der Waals surface area contributed by atoms with Crippen molar-refractivity contribution in [2.45, 2.75) is 12.0 Å². The molecule has 1 aliphatic carbocycles. The zero-order valence-electron chi connectivity index (χ0n) is 8.93. The third kappa shape index (κ3) is 2.40. The van der Waals surface area contributed by atoms with Gasteiger partial charge in [-0.25, -0.2) is 4.79 Å². The molecule has 0 saturated carbocycles. The van der Waals surface area contributed by atoms with E-state index in [1.807, 2.05) is 36.4 Å². The normalized spacial score (nSPS) is 23.1. The minimum Gasteiger partial charge on any atom is -0.451 e. The molecule has 1 aromatic rings. The van der Waals surface area contributed by atoms with Crippen LogP contribution in [-0.4, -0.2) is 11.6 Å². The minimum absolute atomic E-state index is 0.337. The molecule has 0 saturated heterocycles. The Labute approximate surface area is 95.2 Å². The molecular weight excluding hydrogens is 200 g/mol. The van der Waals surface area contributed by atoms with Crippen molar-refractivity contribution in [3.63, 3.8) is 0 Å². The molecule has 0 spiro atoms. The lowest BCUT2D eigenvalue weighted by atomic mass is 9.97. The van der Waals surface area contributed by atoms with Crippen LogP contribution in [0, 0.1) is 6.92 Å². The largest absolute Gasteiger partial charge is 0.451 e. The summed E-state index contributed by atoms with van der Waals surface area (Å²) in [5.74, 6) is -0.337. The Morgan fingerprint density at radius 1 is 1.25 bits per heavy atom. The maximum Gasteiger partial charge on any atom is 0.339 e. The van der Waals surface area contributed by atoms with Gasteiger partial charge in [-0.2, -0.15) is 0 Å². The lowest BCUT2D eigenvalue weighted by Gasteiger charge is -2.26. The molecule has 0 heterocycles. The number of benzene rings is 1. The summed E-state index contributed by atoms with van der Waals surface area (Å²) in [6.45, 7) is 3.91. The highest BCUT2D eigenvalue weighted by Crippen LogP contribution is 2.22. The number of hydrogen-bond donors (Lipinski definition) is 0. The van der Waals surface area contributed by atoms with Crippen molar-refractivity contribution in [1.82, 2.24) is 0 Å². The van der Waals surface area contributed by atoms with Crippen molar-refractivity contribution < 1.29 is 9.53 Å². The number of esters is 1. The van der Waals surface area contributed by atoms with E-state index in [-0.39, 0.29) is 5.97 Å². The average Bonchev–Trinajstić information content (AvgIpc) is 2.30. The maximum absolute atomic E-state index is 11.8. The Morgan fingerprint density at radius 3 is 2.62 bits per heavy atom. The van der Waals surface area contributed by atoms with E-state index in [0.717, 1.165) is 0 Å². The fraction of sp³-hybridized carbons (Fsp3) is 0.143. The number of carbonyl (C=O) groups excluding carboxylic acids is 1. The summed E-state index contributed by atoms with van der Waals surface area (Å²) in [6.07, 6.45) is 8.11. The highest BCUT2D eigenvalue weighted by Gasteiger charge is 2.26. The van der Waals surface area contributed by atoms with Crippen molar-refractivity contribution in [2.24, 2.45) is 0 Å². The summed E-state index contributed by atoms with van der Waals surface area (Å²) >= 11 is 0. The Morgan fingerprint density at radius 2 is 2.00 bits per heavy atom. The molecular formula is C14H13O2. The van der Waals surface area contributed by atoms with E-state index in [1.165, 1.54) is 0 Å². The molecule has 0 aromatic heterocycles. The monoisotopic (exact) mass is 213 g/mol. The first-order chi connectivity index (χ1) is 7.70. The van der Waals surface area contributed by atoms with E-state index in [0.29, 0.717) is 12.0 Å². The molecule has 1 atom stereocenters. The van der Waals surface area contributed by atoms with Gasteiger partial charge in [-0.05, 0) is 25.1 Å². The fourth-order valence-corrected chi connectivity index (χ4v) is 1.54. The average molecular weight is 213 g/mol. The predicted octanol–water partition coefficient (Wildman–Crippen LogP) is 2.93. The van der Waals surface area contributed by atoms with Crippen LogP contribution in [-0.2, 0) is 4.74 Å². The lowest BCUT2D eigenvalue weighted by Crippen LogP contribution is -2.30. The molecule has 0 amide bonds. The van der Waals surface area contributed by atoms with Crippen LogP contribution in [0.2, 0.25) is 0 Å². The van der Waals surface area contributed by atoms with Crippen LogP contribution in [0.1, 0.15) is 16.8 Å². The van der Waals surface area contributed by atoms with Crippen LogP contribution in [0.5, 0.6) is 0 Å². The van der Waals surface area contributed by atoms with Gasteiger partial charge >= 0.3 is 5.97 Å². The first-order valence-electron chi connectivity index (χ1n) is 5.18. The standard InChI is InChI=1S/C14H13O2/c1-14(10-6-3-7-11-14)16-13(15)12-8-4-2-5-9-12/h2-10H,1,11H2. The van der Waals surface area contributed by atoms with E-state index in [9.17, 15) is 4.79 Å². The molecule has 1 radical (unpaired) electrons. The highest BCUT2D eigenvalue weighted by molar-refractivity contribution is 5.89. The van der Waals surface area contributed by atoms with Crippen LogP contribution < -0.4 is 0 Å². The zero-order valence-corrected chi connectivity index (χ0v) is 8.93. The fourth-order valence-electron chi connectivity index (χ4n) is 1.54. The molecule has 0 bridgehead atoms. The summed E-state index contributed by atoms with van der Waals surface area (Å²) in [6, 6.07) is 8.94. The summed E-state index contributed by atoms with van der Waals surface area (Å²) in [5.41, 5.74) is -0.213. The number of carbonyl (C=O) groups is 1. The molecule has 2 rings (SSSR count).